The lowest BCUT2D eigenvalue weighted by Gasteiger charge is -2.12. The first kappa shape index (κ1) is 23.5. The molecule has 174 valence electrons. The van der Waals surface area contributed by atoms with Gasteiger partial charge in [-0.25, -0.2) is 22.2 Å². The smallest absolute Gasteiger partial charge is 0.335 e. The van der Waals surface area contributed by atoms with Crippen LogP contribution in [0.15, 0.2) is 76.8 Å². The number of carboxylic acid groups (broad SMARTS) is 1. The van der Waals surface area contributed by atoms with Crippen molar-refractivity contribution in [2.75, 3.05) is 11.1 Å². The monoisotopic (exact) mass is 495 g/mol. The average molecular weight is 496 g/mol. The fraction of sp³-hybridized carbons (Fsp3) is 0.125. The van der Waals surface area contributed by atoms with E-state index in [4.69, 9.17) is 5.11 Å². The second kappa shape index (κ2) is 9.32. The van der Waals surface area contributed by atoms with E-state index in [2.05, 4.69) is 10.3 Å². The molecular weight excluding hydrogens is 474 g/mol. The zero-order chi connectivity index (χ0) is 24.5. The van der Waals surface area contributed by atoms with E-state index in [9.17, 15) is 18.0 Å². The van der Waals surface area contributed by atoms with Crippen molar-refractivity contribution in [1.82, 2.24) is 8.96 Å². The molecule has 0 spiro atoms. The number of amides is 1. The predicted octanol–water partition coefficient (Wildman–Crippen LogP) is 4.32. The van der Waals surface area contributed by atoms with Crippen LogP contribution in [0.1, 0.15) is 21.5 Å². The van der Waals surface area contributed by atoms with Crippen LogP contribution in [0.3, 0.4) is 0 Å². The lowest BCUT2D eigenvalue weighted by molar-refractivity contribution is -0.113. The Morgan fingerprint density at radius 2 is 1.65 bits per heavy atom. The maximum atomic E-state index is 13.6. The number of carboxylic acids is 1. The van der Waals surface area contributed by atoms with E-state index in [1.165, 1.54) is 28.2 Å². The van der Waals surface area contributed by atoms with Crippen LogP contribution in [0, 0.1) is 13.8 Å². The minimum absolute atomic E-state index is 0.0909. The summed E-state index contributed by atoms with van der Waals surface area (Å²) >= 11 is 1.00. The highest BCUT2D eigenvalue weighted by Crippen LogP contribution is 2.29. The number of fused-ring (bicyclic) bond motifs is 1. The Kier molecular flexibility index (Phi) is 6.45. The van der Waals surface area contributed by atoms with Crippen LogP contribution in [-0.2, 0) is 14.8 Å². The molecule has 1 aromatic heterocycles. The van der Waals surface area contributed by atoms with Crippen LogP contribution in [0.4, 0.5) is 5.69 Å². The number of imidazole rings is 1. The van der Waals surface area contributed by atoms with E-state index in [1.807, 2.05) is 19.9 Å². The normalized spacial score (nSPS) is 11.5. The van der Waals surface area contributed by atoms with E-state index in [1.54, 1.807) is 36.4 Å². The molecule has 4 rings (SSSR count). The summed E-state index contributed by atoms with van der Waals surface area (Å²) in [6.45, 7) is 3.67. The fourth-order valence-electron chi connectivity index (χ4n) is 3.52. The Hall–Kier alpha value is -3.63. The van der Waals surface area contributed by atoms with Crippen molar-refractivity contribution in [3.8, 4) is 0 Å². The topological polar surface area (TPSA) is 118 Å². The Morgan fingerprint density at radius 3 is 2.29 bits per heavy atom. The summed E-state index contributed by atoms with van der Waals surface area (Å²) in [5.41, 5.74) is 3.12. The third-order valence-corrected chi connectivity index (χ3v) is 7.71. The Balaban J connectivity index is 1.62. The molecule has 3 aromatic carbocycles. The zero-order valence-electron chi connectivity index (χ0n) is 18.3. The summed E-state index contributed by atoms with van der Waals surface area (Å²) in [6.07, 6.45) is 0. The Labute approximate surface area is 200 Å². The summed E-state index contributed by atoms with van der Waals surface area (Å²) in [6, 6.07) is 17.8. The van der Waals surface area contributed by atoms with Gasteiger partial charge in [0, 0.05) is 5.69 Å². The van der Waals surface area contributed by atoms with Gasteiger partial charge >= 0.3 is 5.97 Å². The number of aryl methyl sites for hydroxylation is 2. The molecular formula is C24H21N3O5S2. The number of hydrogen-bond acceptors (Lipinski definition) is 6. The van der Waals surface area contributed by atoms with E-state index in [0.29, 0.717) is 16.7 Å². The summed E-state index contributed by atoms with van der Waals surface area (Å²) in [4.78, 5) is 28.1. The second-order valence-electron chi connectivity index (χ2n) is 7.70. The molecule has 0 unspecified atom stereocenters. The molecule has 0 aliphatic carbocycles. The lowest BCUT2D eigenvalue weighted by Crippen LogP contribution is -2.17. The van der Waals surface area contributed by atoms with E-state index in [0.717, 1.165) is 22.9 Å². The molecule has 0 atom stereocenters. The molecule has 1 heterocycles. The molecule has 4 aromatic rings. The zero-order valence-corrected chi connectivity index (χ0v) is 20.0. The number of carbonyl (C=O) groups excluding carboxylic acids is 1. The van der Waals surface area contributed by atoms with Crippen molar-refractivity contribution in [1.29, 1.82) is 0 Å². The molecule has 0 radical (unpaired) electrons. The van der Waals surface area contributed by atoms with E-state index in [-0.39, 0.29) is 27.3 Å². The molecule has 0 aliphatic heterocycles. The van der Waals surface area contributed by atoms with Crippen molar-refractivity contribution in [2.24, 2.45) is 0 Å². The molecule has 8 nitrogen and oxygen atoms in total. The summed E-state index contributed by atoms with van der Waals surface area (Å²) in [7, 11) is -3.97. The molecule has 0 saturated carbocycles. The first-order valence-electron chi connectivity index (χ1n) is 10.2. The van der Waals surface area contributed by atoms with Gasteiger partial charge < -0.3 is 10.4 Å². The van der Waals surface area contributed by atoms with Crippen LogP contribution < -0.4 is 5.32 Å². The highest BCUT2D eigenvalue weighted by molar-refractivity contribution is 8.00. The largest absolute Gasteiger partial charge is 0.478 e. The molecule has 1 amide bonds. The number of anilines is 1. The van der Waals surface area contributed by atoms with Crippen molar-refractivity contribution in [3.63, 3.8) is 0 Å². The molecule has 34 heavy (non-hydrogen) atoms. The number of rotatable bonds is 7. The Bertz CT molecular complexity index is 1490. The molecule has 0 bridgehead atoms. The minimum Gasteiger partial charge on any atom is -0.478 e. The van der Waals surface area contributed by atoms with Gasteiger partial charge in [0.05, 0.1) is 27.2 Å². The number of aromatic nitrogens is 2. The SMILES string of the molecule is Cc1cc(C)cc(S(=O)(=O)n2c(SCC(=O)Nc3ccc(C(=O)O)cc3)nc3ccccc32)c1. The Morgan fingerprint density at radius 1 is 1.00 bits per heavy atom. The summed E-state index contributed by atoms with van der Waals surface area (Å²) < 4.78 is 28.4. The van der Waals surface area contributed by atoms with E-state index >= 15 is 0 Å². The third-order valence-electron chi connectivity index (χ3n) is 4.97. The first-order valence-corrected chi connectivity index (χ1v) is 12.6. The van der Waals surface area contributed by atoms with Crippen molar-refractivity contribution in [2.45, 2.75) is 23.9 Å². The second-order valence-corrected chi connectivity index (χ2v) is 10.4. The van der Waals surface area contributed by atoms with Crippen LogP contribution in [0.2, 0.25) is 0 Å². The van der Waals surface area contributed by atoms with Gasteiger partial charge in [-0.2, -0.15) is 0 Å². The standard InChI is InChI=1S/C24H21N3O5S2/c1-15-11-16(2)13-19(12-15)34(31,32)27-21-6-4-3-5-20(21)26-24(27)33-14-22(28)25-18-9-7-17(8-10-18)23(29)30/h3-13H,14H2,1-2H3,(H,25,28)(H,29,30). The van der Waals surface area contributed by atoms with Gasteiger partial charge in [0.25, 0.3) is 10.0 Å². The first-order chi connectivity index (χ1) is 16.1. The van der Waals surface area contributed by atoms with Crippen LogP contribution >= 0.6 is 11.8 Å². The van der Waals surface area contributed by atoms with Crippen LogP contribution in [0.25, 0.3) is 11.0 Å². The van der Waals surface area contributed by atoms with Crippen molar-refractivity contribution >= 4 is 50.4 Å². The number of nitrogens with zero attached hydrogens (tertiary/aromatic N) is 2. The maximum Gasteiger partial charge on any atom is 0.335 e. The fourth-order valence-corrected chi connectivity index (χ4v) is 6.22. The third kappa shape index (κ3) is 4.82. The summed E-state index contributed by atoms with van der Waals surface area (Å²) in [5.74, 6) is -1.53. The maximum absolute atomic E-state index is 13.6. The highest BCUT2D eigenvalue weighted by atomic mass is 32.2. The van der Waals surface area contributed by atoms with Gasteiger partial charge in [0.1, 0.15) is 0 Å². The number of nitrogens with one attached hydrogen (secondary N) is 1. The van der Waals surface area contributed by atoms with E-state index < -0.39 is 16.0 Å². The number of thioether (sulfide) groups is 1. The average Bonchev–Trinajstić information content (AvgIpc) is 3.16. The molecule has 2 N–H and O–H groups in total. The number of carbonyl (C=O) groups is 2. The minimum atomic E-state index is -3.97. The van der Waals surface area contributed by atoms with Gasteiger partial charge in [-0.3, -0.25) is 4.79 Å². The number of para-hydroxylation sites is 2. The van der Waals surface area contributed by atoms with Gasteiger partial charge in [-0.1, -0.05) is 30.0 Å². The van der Waals surface area contributed by atoms with Crippen molar-refractivity contribution in [3.05, 3.63) is 83.4 Å². The summed E-state index contributed by atoms with van der Waals surface area (Å²) in [5, 5.41) is 11.8. The molecule has 0 saturated heterocycles. The highest BCUT2D eigenvalue weighted by Gasteiger charge is 2.25. The van der Waals surface area contributed by atoms with Crippen molar-refractivity contribution < 1.29 is 23.1 Å². The predicted molar refractivity (Wildman–Crippen MR) is 131 cm³/mol. The molecule has 10 heteroatoms. The quantitative estimate of drug-likeness (QED) is 0.367. The van der Waals surface area contributed by atoms with Gasteiger partial charge in [0.2, 0.25) is 5.91 Å². The number of hydrogen-bond donors (Lipinski definition) is 2. The van der Waals surface area contributed by atoms with Gasteiger partial charge in [-0.05, 0) is 73.5 Å². The number of benzene rings is 3. The molecule has 0 fully saturated rings. The van der Waals surface area contributed by atoms with Crippen LogP contribution in [0.5, 0.6) is 0 Å². The van der Waals surface area contributed by atoms with Gasteiger partial charge in [-0.15, -0.1) is 0 Å². The van der Waals surface area contributed by atoms with Crippen LogP contribution in [-0.4, -0.2) is 40.1 Å². The lowest BCUT2D eigenvalue weighted by atomic mass is 10.2. The molecule has 0 aliphatic rings. The number of aromatic carboxylic acids is 1. The van der Waals surface area contributed by atoms with Gasteiger partial charge in [0.15, 0.2) is 5.16 Å².